The topological polar surface area (TPSA) is 78.8 Å². The van der Waals surface area contributed by atoms with E-state index < -0.39 is 6.04 Å². The van der Waals surface area contributed by atoms with Crippen LogP contribution in [-0.4, -0.2) is 70.7 Å². The molecule has 0 saturated carbocycles. The SMILES string of the molecule is CC(C)C1C(=O)N(C)CCN1C(=O)Cn1ncc(N2CCCCC2)cc1=O. The first-order chi connectivity index (χ1) is 12.9. The molecular formula is C19H29N5O3. The van der Waals surface area contributed by atoms with Crippen LogP contribution in [0.2, 0.25) is 0 Å². The van der Waals surface area contributed by atoms with Gasteiger partial charge in [0.05, 0.1) is 11.9 Å². The average molecular weight is 375 g/mol. The lowest BCUT2D eigenvalue weighted by Gasteiger charge is -2.41. The van der Waals surface area contributed by atoms with E-state index in [1.165, 1.54) is 11.1 Å². The van der Waals surface area contributed by atoms with Crippen molar-refractivity contribution in [1.82, 2.24) is 19.6 Å². The molecule has 3 heterocycles. The summed E-state index contributed by atoms with van der Waals surface area (Å²) in [7, 11) is 1.75. The van der Waals surface area contributed by atoms with Gasteiger partial charge in [-0.2, -0.15) is 5.10 Å². The van der Waals surface area contributed by atoms with Crippen molar-refractivity contribution in [2.45, 2.75) is 45.7 Å². The van der Waals surface area contributed by atoms with Crippen LogP contribution >= 0.6 is 0 Å². The second-order valence-corrected chi connectivity index (χ2v) is 7.79. The van der Waals surface area contributed by atoms with E-state index in [1.54, 1.807) is 29.1 Å². The molecule has 0 spiro atoms. The zero-order valence-corrected chi connectivity index (χ0v) is 16.4. The highest BCUT2D eigenvalue weighted by Crippen LogP contribution is 2.19. The molecule has 1 unspecified atom stereocenters. The summed E-state index contributed by atoms with van der Waals surface area (Å²) in [5.41, 5.74) is 0.534. The Bertz CT molecular complexity index is 754. The summed E-state index contributed by atoms with van der Waals surface area (Å²) in [6.45, 7) is 6.57. The van der Waals surface area contributed by atoms with Gasteiger partial charge in [0.2, 0.25) is 11.8 Å². The number of piperidine rings is 1. The third-order valence-electron chi connectivity index (χ3n) is 5.45. The van der Waals surface area contributed by atoms with Gasteiger partial charge in [-0.25, -0.2) is 4.68 Å². The molecule has 1 aromatic heterocycles. The number of amides is 2. The summed E-state index contributed by atoms with van der Waals surface area (Å²) < 4.78 is 1.19. The minimum absolute atomic E-state index is 0.00959. The molecule has 0 aliphatic carbocycles. The number of piperazine rings is 1. The van der Waals surface area contributed by atoms with Gasteiger partial charge in [0.25, 0.3) is 5.56 Å². The van der Waals surface area contributed by atoms with Crippen molar-refractivity contribution in [3.63, 3.8) is 0 Å². The number of anilines is 1. The lowest BCUT2D eigenvalue weighted by molar-refractivity contribution is -0.152. The van der Waals surface area contributed by atoms with E-state index >= 15 is 0 Å². The van der Waals surface area contributed by atoms with Crippen LogP contribution < -0.4 is 10.5 Å². The Morgan fingerprint density at radius 2 is 1.85 bits per heavy atom. The maximum absolute atomic E-state index is 12.8. The molecule has 8 nitrogen and oxygen atoms in total. The molecule has 1 atom stereocenters. The summed E-state index contributed by atoms with van der Waals surface area (Å²) in [6, 6.07) is 1.07. The summed E-state index contributed by atoms with van der Waals surface area (Å²) in [5, 5.41) is 4.21. The number of nitrogens with zero attached hydrogens (tertiary/aromatic N) is 5. The highest BCUT2D eigenvalue weighted by molar-refractivity contribution is 5.88. The van der Waals surface area contributed by atoms with E-state index in [4.69, 9.17) is 0 Å². The molecule has 148 valence electrons. The van der Waals surface area contributed by atoms with Crippen LogP contribution in [-0.2, 0) is 16.1 Å². The number of aromatic nitrogens is 2. The Kier molecular flexibility index (Phi) is 5.82. The number of likely N-dealkylation sites (N-methyl/N-ethyl adjacent to an activating group) is 1. The molecule has 0 radical (unpaired) electrons. The maximum Gasteiger partial charge on any atom is 0.269 e. The van der Waals surface area contributed by atoms with E-state index in [2.05, 4.69) is 10.00 Å². The van der Waals surface area contributed by atoms with Crippen LogP contribution in [0.25, 0.3) is 0 Å². The number of hydrogen-bond acceptors (Lipinski definition) is 5. The van der Waals surface area contributed by atoms with E-state index in [-0.39, 0.29) is 29.8 Å². The molecule has 8 heteroatoms. The van der Waals surface area contributed by atoms with Gasteiger partial charge in [0, 0.05) is 39.3 Å². The fraction of sp³-hybridized carbons (Fsp3) is 0.684. The first-order valence-corrected chi connectivity index (χ1v) is 9.75. The van der Waals surface area contributed by atoms with Crippen molar-refractivity contribution < 1.29 is 9.59 Å². The molecule has 0 aromatic carbocycles. The van der Waals surface area contributed by atoms with Crippen LogP contribution in [0.15, 0.2) is 17.1 Å². The second-order valence-electron chi connectivity index (χ2n) is 7.79. The molecular weight excluding hydrogens is 346 g/mol. The van der Waals surface area contributed by atoms with Gasteiger partial charge in [0.1, 0.15) is 12.6 Å². The van der Waals surface area contributed by atoms with Crippen LogP contribution in [0.5, 0.6) is 0 Å². The minimum Gasteiger partial charge on any atom is -0.370 e. The fourth-order valence-electron chi connectivity index (χ4n) is 3.88. The van der Waals surface area contributed by atoms with Gasteiger partial charge in [-0.05, 0) is 25.2 Å². The first-order valence-electron chi connectivity index (χ1n) is 9.75. The number of carbonyl (C=O) groups is 2. The van der Waals surface area contributed by atoms with Crippen LogP contribution in [0.1, 0.15) is 33.1 Å². The quantitative estimate of drug-likeness (QED) is 0.768. The highest BCUT2D eigenvalue weighted by Gasteiger charge is 2.37. The Labute approximate surface area is 159 Å². The van der Waals surface area contributed by atoms with Crippen molar-refractivity contribution in [2.75, 3.05) is 38.1 Å². The summed E-state index contributed by atoms with van der Waals surface area (Å²) in [6.07, 6.45) is 5.12. The van der Waals surface area contributed by atoms with Gasteiger partial charge in [-0.3, -0.25) is 14.4 Å². The number of carbonyl (C=O) groups excluding carboxylic acids is 2. The zero-order chi connectivity index (χ0) is 19.6. The summed E-state index contributed by atoms with van der Waals surface area (Å²) in [5.74, 6) is -0.281. The van der Waals surface area contributed by atoms with Crippen molar-refractivity contribution >= 4 is 17.5 Å². The van der Waals surface area contributed by atoms with Crippen molar-refractivity contribution in [3.8, 4) is 0 Å². The lowest BCUT2D eigenvalue weighted by atomic mass is 9.98. The second kappa shape index (κ2) is 8.10. The summed E-state index contributed by atoms with van der Waals surface area (Å²) >= 11 is 0. The summed E-state index contributed by atoms with van der Waals surface area (Å²) in [4.78, 5) is 43.2. The maximum atomic E-state index is 12.8. The molecule has 3 rings (SSSR count). The fourth-order valence-corrected chi connectivity index (χ4v) is 3.88. The first kappa shape index (κ1) is 19.4. The van der Waals surface area contributed by atoms with Gasteiger partial charge < -0.3 is 14.7 Å². The van der Waals surface area contributed by atoms with Gasteiger partial charge in [0.15, 0.2) is 0 Å². The van der Waals surface area contributed by atoms with E-state index in [9.17, 15) is 14.4 Å². The standard InChI is InChI=1S/C19H29N5O3/c1-14(2)18-19(27)21(3)9-10-23(18)17(26)13-24-16(25)11-15(12-20-24)22-7-5-4-6-8-22/h11-12,14,18H,4-10,13H2,1-3H3. The van der Waals surface area contributed by atoms with Gasteiger partial charge in [-0.1, -0.05) is 13.8 Å². The minimum atomic E-state index is -0.487. The molecule has 0 bridgehead atoms. The van der Waals surface area contributed by atoms with Crippen molar-refractivity contribution in [2.24, 2.45) is 5.92 Å². The molecule has 2 amide bonds. The molecule has 1 aromatic rings. The molecule has 27 heavy (non-hydrogen) atoms. The average Bonchev–Trinajstić information content (AvgIpc) is 2.65. The third-order valence-corrected chi connectivity index (χ3v) is 5.45. The predicted molar refractivity (Wildman–Crippen MR) is 103 cm³/mol. The molecule has 0 N–H and O–H groups in total. The van der Waals surface area contributed by atoms with Crippen molar-refractivity contribution in [3.05, 3.63) is 22.6 Å². The third kappa shape index (κ3) is 4.14. The Morgan fingerprint density at radius 3 is 2.48 bits per heavy atom. The Morgan fingerprint density at radius 1 is 1.15 bits per heavy atom. The highest BCUT2D eigenvalue weighted by atomic mass is 16.2. The molecule has 2 aliphatic rings. The van der Waals surface area contributed by atoms with E-state index in [0.717, 1.165) is 31.6 Å². The molecule has 2 saturated heterocycles. The van der Waals surface area contributed by atoms with Gasteiger partial charge >= 0.3 is 0 Å². The lowest BCUT2D eigenvalue weighted by Crippen LogP contribution is -2.60. The van der Waals surface area contributed by atoms with Crippen molar-refractivity contribution in [1.29, 1.82) is 0 Å². The smallest absolute Gasteiger partial charge is 0.269 e. The largest absolute Gasteiger partial charge is 0.370 e. The molecule has 2 fully saturated rings. The normalized spacial score (nSPS) is 21.1. The number of hydrogen-bond donors (Lipinski definition) is 0. The van der Waals surface area contributed by atoms with E-state index in [0.29, 0.717) is 13.1 Å². The molecule has 2 aliphatic heterocycles. The van der Waals surface area contributed by atoms with Gasteiger partial charge in [-0.15, -0.1) is 0 Å². The Balaban J connectivity index is 1.73. The van der Waals surface area contributed by atoms with E-state index in [1.807, 2.05) is 13.8 Å². The van der Waals surface area contributed by atoms with Crippen LogP contribution in [0.4, 0.5) is 5.69 Å². The predicted octanol–water partition coefficient (Wildman–Crippen LogP) is 0.559. The monoisotopic (exact) mass is 375 g/mol. The zero-order valence-electron chi connectivity index (χ0n) is 16.4. The van der Waals surface area contributed by atoms with Crippen LogP contribution in [0, 0.1) is 5.92 Å². The van der Waals surface area contributed by atoms with Crippen LogP contribution in [0.3, 0.4) is 0 Å². The Hall–Kier alpha value is -2.38. The number of rotatable bonds is 4.